The Bertz CT molecular complexity index is 359. The van der Waals surface area contributed by atoms with Crippen molar-refractivity contribution in [1.29, 1.82) is 0 Å². The van der Waals surface area contributed by atoms with Gasteiger partial charge in [-0.3, -0.25) is 0 Å². The van der Waals surface area contributed by atoms with Crippen molar-refractivity contribution in [1.82, 2.24) is 0 Å². The van der Waals surface area contributed by atoms with Gasteiger partial charge in [0.05, 0.1) is 0 Å². The van der Waals surface area contributed by atoms with Gasteiger partial charge in [-0.15, -0.1) is 0 Å². The number of fused-ring (bicyclic) bond motifs is 5. The number of hydrogen-bond donors (Lipinski definition) is 0. The van der Waals surface area contributed by atoms with E-state index < -0.39 is 0 Å². The van der Waals surface area contributed by atoms with Crippen molar-refractivity contribution in [3.05, 3.63) is 0 Å². The van der Waals surface area contributed by atoms with Gasteiger partial charge in [0.15, 0.2) is 0 Å². The van der Waals surface area contributed by atoms with E-state index in [-0.39, 0.29) is 0 Å². The largest absolute Gasteiger partial charge is 0.0594 e. The summed E-state index contributed by atoms with van der Waals surface area (Å²) >= 11 is 0. The van der Waals surface area contributed by atoms with E-state index in [4.69, 9.17) is 0 Å². The Morgan fingerprint density at radius 3 is 2.47 bits per heavy atom. The van der Waals surface area contributed by atoms with Crippen LogP contribution in [-0.4, -0.2) is 0 Å². The molecule has 19 heavy (non-hydrogen) atoms. The highest BCUT2D eigenvalue weighted by Gasteiger charge is 2.56. The SMILES string of the molecule is C[C@@]12CCC[C@H]1[C@@H]1CCC3CCCC[C@]3(C)[C@@H]1CC2. The van der Waals surface area contributed by atoms with Crippen LogP contribution >= 0.6 is 0 Å². The molecule has 0 N–H and O–H groups in total. The Kier molecular flexibility index (Phi) is 2.84. The summed E-state index contributed by atoms with van der Waals surface area (Å²) in [6.07, 6.45) is 17.1. The van der Waals surface area contributed by atoms with Crippen LogP contribution in [0.2, 0.25) is 0 Å². The van der Waals surface area contributed by atoms with Crippen molar-refractivity contribution < 1.29 is 0 Å². The predicted octanol–water partition coefficient (Wildman–Crippen LogP) is 5.81. The third kappa shape index (κ3) is 1.70. The quantitative estimate of drug-likeness (QED) is 0.515. The second kappa shape index (κ2) is 4.25. The second-order valence-corrected chi connectivity index (χ2v) is 8.99. The third-order valence-corrected chi connectivity index (χ3v) is 8.36. The van der Waals surface area contributed by atoms with Gasteiger partial charge in [-0.2, -0.15) is 0 Å². The van der Waals surface area contributed by atoms with Crippen molar-refractivity contribution >= 4 is 0 Å². The Morgan fingerprint density at radius 1 is 0.684 bits per heavy atom. The van der Waals surface area contributed by atoms with Crippen LogP contribution in [0.25, 0.3) is 0 Å². The highest BCUT2D eigenvalue weighted by Crippen LogP contribution is 2.66. The summed E-state index contributed by atoms with van der Waals surface area (Å²) in [6, 6.07) is 0. The molecule has 6 atom stereocenters. The topological polar surface area (TPSA) is 0 Å². The molecule has 0 aromatic heterocycles. The molecule has 4 aliphatic carbocycles. The molecule has 0 bridgehead atoms. The first-order valence-electron chi connectivity index (χ1n) is 9.13. The molecule has 108 valence electrons. The minimum absolute atomic E-state index is 0.741. The van der Waals surface area contributed by atoms with Crippen molar-refractivity contribution in [2.24, 2.45) is 34.5 Å². The van der Waals surface area contributed by atoms with Crippen LogP contribution < -0.4 is 0 Å². The van der Waals surface area contributed by atoms with E-state index in [1.54, 1.807) is 51.4 Å². The molecule has 0 radical (unpaired) electrons. The fourth-order valence-corrected chi connectivity index (χ4v) is 7.29. The maximum Gasteiger partial charge on any atom is -0.0266 e. The van der Waals surface area contributed by atoms with Crippen molar-refractivity contribution in [3.8, 4) is 0 Å². The van der Waals surface area contributed by atoms with Crippen LogP contribution in [0.1, 0.15) is 84.5 Å². The van der Waals surface area contributed by atoms with Crippen LogP contribution in [0.15, 0.2) is 0 Å². The number of rotatable bonds is 0. The predicted molar refractivity (Wildman–Crippen MR) is 81.0 cm³/mol. The van der Waals surface area contributed by atoms with Gasteiger partial charge >= 0.3 is 0 Å². The lowest BCUT2D eigenvalue weighted by molar-refractivity contribution is -0.103. The fraction of sp³-hybridized carbons (Fsp3) is 1.00. The van der Waals surface area contributed by atoms with E-state index >= 15 is 0 Å². The van der Waals surface area contributed by atoms with Gasteiger partial charge < -0.3 is 0 Å². The first kappa shape index (κ1) is 12.7. The first-order valence-corrected chi connectivity index (χ1v) is 9.13. The molecule has 0 aromatic rings. The van der Waals surface area contributed by atoms with Gasteiger partial charge in [-0.05, 0) is 85.9 Å². The van der Waals surface area contributed by atoms with E-state index in [1.807, 2.05) is 0 Å². The summed E-state index contributed by atoms with van der Waals surface area (Å²) < 4.78 is 0. The highest BCUT2D eigenvalue weighted by molar-refractivity contribution is 5.06. The molecule has 0 aliphatic heterocycles. The molecule has 0 spiro atoms. The van der Waals surface area contributed by atoms with Gasteiger partial charge in [0.1, 0.15) is 0 Å². The van der Waals surface area contributed by atoms with E-state index in [0.29, 0.717) is 0 Å². The average Bonchev–Trinajstić information content (AvgIpc) is 2.79. The Labute approximate surface area is 119 Å². The van der Waals surface area contributed by atoms with Gasteiger partial charge in [-0.1, -0.05) is 33.1 Å². The molecule has 0 nitrogen and oxygen atoms in total. The van der Waals surface area contributed by atoms with Crippen molar-refractivity contribution in [2.75, 3.05) is 0 Å². The van der Waals surface area contributed by atoms with Gasteiger partial charge in [0, 0.05) is 0 Å². The van der Waals surface area contributed by atoms with E-state index in [9.17, 15) is 0 Å². The summed E-state index contributed by atoms with van der Waals surface area (Å²) in [7, 11) is 0. The first-order chi connectivity index (χ1) is 9.13. The Hall–Kier alpha value is 0. The summed E-state index contributed by atoms with van der Waals surface area (Å²) in [4.78, 5) is 0. The van der Waals surface area contributed by atoms with Crippen molar-refractivity contribution in [2.45, 2.75) is 84.5 Å². The lowest BCUT2D eigenvalue weighted by atomic mass is 9.45. The summed E-state index contributed by atoms with van der Waals surface area (Å²) in [6.45, 7) is 5.33. The lowest BCUT2D eigenvalue weighted by Gasteiger charge is -2.60. The molecule has 4 fully saturated rings. The minimum atomic E-state index is 0.741. The molecule has 0 heteroatoms. The number of hydrogen-bond acceptors (Lipinski definition) is 0. The molecule has 0 aromatic carbocycles. The normalized spacial score (nSPS) is 57.2. The molecule has 4 rings (SSSR count). The maximum absolute atomic E-state index is 2.70. The molecule has 1 unspecified atom stereocenters. The maximum atomic E-state index is 2.70. The molecule has 0 heterocycles. The molecule has 4 aliphatic rings. The van der Waals surface area contributed by atoms with Crippen LogP contribution in [0.4, 0.5) is 0 Å². The van der Waals surface area contributed by atoms with E-state index in [2.05, 4.69) is 13.8 Å². The monoisotopic (exact) mass is 260 g/mol. The van der Waals surface area contributed by atoms with Crippen LogP contribution in [0, 0.1) is 34.5 Å². The van der Waals surface area contributed by atoms with Gasteiger partial charge in [0.25, 0.3) is 0 Å². The summed E-state index contributed by atoms with van der Waals surface area (Å²) in [5.41, 5.74) is 1.49. The fourth-order valence-electron chi connectivity index (χ4n) is 7.29. The minimum Gasteiger partial charge on any atom is -0.0594 e. The van der Waals surface area contributed by atoms with Gasteiger partial charge in [0.2, 0.25) is 0 Å². The molecular formula is C19H32. The summed E-state index contributed by atoms with van der Waals surface area (Å²) in [5, 5.41) is 0. The van der Waals surface area contributed by atoms with Gasteiger partial charge in [-0.25, -0.2) is 0 Å². The zero-order valence-electron chi connectivity index (χ0n) is 13.1. The smallest absolute Gasteiger partial charge is 0.0266 e. The van der Waals surface area contributed by atoms with Crippen molar-refractivity contribution in [3.63, 3.8) is 0 Å². The van der Waals surface area contributed by atoms with E-state index in [1.165, 1.54) is 19.3 Å². The second-order valence-electron chi connectivity index (χ2n) is 8.99. The summed E-state index contributed by atoms with van der Waals surface area (Å²) in [5.74, 6) is 4.41. The Morgan fingerprint density at radius 2 is 1.58 bits per heavy atom. The zero-order valence-corrected chi connectivity index (χ0v) is 13.1. The van der Waals surface area contributed by atoms with Crippen LogP contribution in [0.5, 0.6) is 0 Å². The molecule has 0 amide bonds. The van der Waals surface area contributed by atoms with E-state index in [0.717, 1.165) is 34.5 Å². The molecule has 4 saturated carbocycles. The van der Waals surface area contributed by atoms with Crippen LogP contribution in [0.3, 0.4) is 0 Å². The lowest BCUT2D eigenvalue weighted by Crippen LogP contribution is -2.51. The zero-order chi connectivity index (χ0) is 13.1. The molecular weight excluding hydrogens is 228 g/mol. The highest BCUT2D eigenvalue weighted by atomic mass is 14.6. The Balaban J connectivity index is 1.64. The third-order valence-electron chi connectivity index (χ3n) is 8.36. The standard InChI is InChI=1S/C19H32/c1-18-11-5-7-16(18)15-9-8-14-6-3-4-12-19(14,2)17(15)10-13-18/h14-17H,3-13H2,1-2H3/t14?,15-,16-,17+,18-,19-/m0/s1. The van der Waals surface area contributed by atoms with Crippen LogP contribution in [-0.2, 0) is 0 Å². The molecule has 0 saturated heterocycles. The average molecular weight is 260 g/mol.